The minimum atomic E-state index is -0.454. The molecule has 1 aromatic carbocycles. The van der Waals surface area contributed by atoms with Crippen LogP contribution in [-0.4, -0.2) is 22.3 Å². The molecule has 0 spiro atoms. The Kier molecular flexibility index (Phi) is 5.51. The monoisotopic (exact) mass is 314 g/mol. The third kappa shape index (κ3) is 4.18. The van der Waals surface area contributed by atoms with Gasteiger partial charge >= 0.3 is 5.69 Å². The number of benzene rings is 1. The van der Waals surface area contributed by atoms with Crippen LogP contribution in [-0.2, 0) is 13.5 Å². The molecule has 1 N–H and O–H groups in total. The molecule has 2 rings (SSSR count). The molecule has 1 aromatic heterocycles. The zero-order chi connectivity index (χ0) is 16.8. The van der Waals surface area contributed by atoms with E-state index in [-0.39, 0.29) is 5.56 Å². The van der Waals surface area contributed by atoms with Crippen molar-refractivity contribution in [1.29, 1.82) is 0 Å². The number of hydrogen-bond acceptors (Lipinski definition) is 4. The summed E-state index contributed by atoms with van der Waals surface area (Å²) in [6.45, 7) is 4.59. The van der Waals surface area contributed by atoms with Gasteiger partial charge in [0.15, 0.2) is 0 Å². The van der Waals surface area contributed by atoms with Gasteiger partial charge in [-0.05, 0) is 24.5 Å². The lowest BCUT2D eigenvalue weighted by Crippen LogP contribution is -2.34. The second kappa shape index (κ2) is 7.58. The molecule has 6 nitrogen and oxygen atoms in total. The van der Waals surface area contributed by atoms with Crippen LogP contribution in [0.4, 0.5) is 5.82 Å². The van der Waals surface area contributed by atoms with Gasteiger partial charge in [-0.2, -0.15) is 5.10 Å². The van der Waals surface area contributed by atoms with Gasteiger partial charge in [-0.3, -0.25) is 14.3 Å². The van der Waals surface area contributed by atoms with Gasteiger partial charge in [0.1, 0.15) is 5.82 Å². The van der Waals surface area contributed by atoms with E-state index in [9.17, 15) is 9.59 Å². The number of hydrogen-bond donors (Lipinski definition) is 1. The van der Waals surface area contributed by atoms with Gasteiger partial charge in [0.2, 0.25) is 0 Å². The number of aryl methyl sites for hydroxylation is 1. The van der Waals surface area contributed by atoms with Crippen molar-refractivity contribution in [2.24, 2.45) is 12.1 Å². The van der Waals surface area contributed by atoms with Crippen LogP contribution in [0.1, 0.15) is 31.4 Å². The summed E-state index contributed by atoms with van der Waals surface area (Å²) in [6, 6.07) is 9.55. The Balaban J connectivity index is 2.22. The van der Waals surface area contributed by atoms with Gasteiger partial charge in [-0.1, -0.05) is 37.6 Å². The molecule has 0 atom stereocenters. The normalized spacial score (nSPS) is 11.1. The molecular weight excluding hydrogens is 292 g/mol. The molecule has 2 aromatic rings. The Morgan fingerprint density at radius 1 is 1.22 bits per heavy atom. The molecule has 0 aliphatic heterocycles. The van der Waals surface area contributed by atoms with Crippen molar-refractivity contribution in [3.63, 3.8) is 0 Å². The van der Waals surface area contributed by atoms with Gasteiger partial charge in [-0.25, -0.2) is 9.80 Å². The zero-order valence-electron chi connectivity index (χ0n) is 13.7. The van der Waals surface area contributed by atoms with E-state index >= 15 is 0 Å². The average molecular weight is 314 g/mol. The van der Waals surface area contributed by atoms with Crippen molar-refractivity contribution in [1.82, 2.24) is 9.55 Å². The second-order valence-corrected chi connectivity index (χ2v) is 5.31. The van der Waals surface area contributed by atoms with Crippen molar-refractivity contribution in [3.8, 4) is 0 Å². The van der Waals surface area contributed by atoms with Crippen molar-refractivity contribution in [3.05, 3.63) is 62.3 Å². The smallest absolute Gasteiger partial charge is 0.292 e. The summed E-state index contributed by atoms with van der Waals surface area (Å²) in [4.78, 5) is 26.1. The van der Waals surface area contributed by atoms with Gasteiger partial charge in [0.05, 0.1) is 6.21 Å². The molecule has 0 radical (unpaired) electrons. The number of aromatic amines is 1. The summed E-state index contributed by atoms with van der Waals surface area (Å²) in [5.74, 6) is 0.388. The first-order valence-corrected chi connectivity index (χ1v) is 7.76. The summed E-state index contributed by atoms with van der Waals surface area (Å²) in [5, 5.41) is 5.95. The lowest BCUT2D eigenvalue weighted by atomic mass is 10.1. The van der Waals surface area contributed by atoms with Crippen LogP contribution in [0.5, 0.6) is 0 Å². The van der Waals surface area contributed by atoms with Crippen LogP contribution in [0.15, 0.2) is 45.0 Å². The highest BCUT2D eigenvalue weighted by atomic mass is 16.2. The summed E-state index contributed by atoms with van der Waals surface area (Å²) in [6.07, 6.45) is 3.90. The predicted octanol–water partition coefficient (Wildman–Crippen LogP) is 1.89. The standard InChI is InChI=1S/C17H22N4O2/c1-4-6-13-7-9-14(10-8-13)12-18-21(5-2)15-11-16(22)20(3)17(23)19-15/h7-12H,4-6H2,1-3H3,(H,19,23)/b18-12+. The number of H-pyrrole nitrogens is 1. The number of nitrogens with one attached hydrogen (secondary N) is 1. The highest BCUT2D eigenvalue weighted by Crippen LogP contribution is 2.08. The summed E-state index contributed by atoms with van der Waals surface area (Å²) in [7, 11) is 1.43. The Bertz CT molecular complexity index is 756. The van der Waals surface area contributed by atoms with E-state index in [2.05, 4.69) is 29.1 Å². The lowest BCUT2D eigenvalue weighted by Gasteiger charge is -2.16. The second-order valence-electron chi connectivity index (χ2n) is 5.31. The van der Waals surface area contributed by atoms with E-state index in [1.807, 2.05) is 19.1 Å². The van der Waals surface area contributed by atoms with E-state index in [0.29, 0.717) is 12.4 Å². The Labute approximate surface area is 135 Å². The third-order valence-corrected chi connectivity index (χ3v) is 3.57. The van der Waals surface area contributed by atoms with E-state index in [0.717, 1.165) is 23.0 Å². The van der Waals surface area contributed by atoms with Crippen molar-refractivity contribution >= 4 is 12.0 Å². The van der Waals surface area contributed by atoms with Gasteiger partial charge in [0, 0.05) is 19.7 Å². The summed E-state index contributed by atoms with van der Waals surface area (Å²) in [5.41, 5.74) is 1.45. The third-order valence-electron chi connectivity index (χ3n) is 3.57. The minimum absolute atomic E-state index is 0.360. The SMILES string of the molecule is CCCc1ccc(/C=N/N(CC)c2cc(=O)n(C)c(=O)[nH]2)cc1. The molecule has 0 amide bonds. The Hall–Kier alpha value is -2.63. The quantitative estimate of drug-likeness (QED) is 0.654. The predicted molar refractivity (Wildman–Crippen MR) is 93.4 cm³/mol. The topological polar surface area (TPSA) is 70.5 Å². The number of hydrazone groups is 1. The van der Waals surface area contributed by atoms with Gasteiger partial charge in [-0.15, -0.1) is 0 Å². The Morgan fingerprint density at radius 2 is 1.91 bits per heavy atom. The highest BCUT2D eigenvalue weighted by Gasteiger charge is 2.06. The molecular formula is C17H22N4O2. The maximum atomic E-state index is 11.7. The van der Waals surface area contributed by atoms with Crippen LogP contribution < -0.4 is 16.3 Å². The zero-order valence-corrected chi connectivity index (χ0v) is 13.7. The fourth-order valence-corrected chi connectivity index (χ4v) is 2.19. The fraction of sp³-hybridized carbons (Fsp3) is 0.353. The van der Waals surface area contributed by atoms with E-state index in [4.69, 9.17) is 0 Å². The molecule has 0 saturated carbocycles. The van der Waals surface area contributed by atoms with Crippen LogP contribution >= 0.6 is 0 Å². The van der Waals surface area contributed by atoms with E-state index in [1.54, 1.807) is 11.2 Å². The van der Waals surface area contributed by atoms with E-state index in [1.165, 1.54) is 18.7 Å². The average Bonchev–Trinajstić information content (AvgIpc) is 2.55. The van der Waals surface area contributed by atoms with Crippen LogP contribution in [0, 0.1) is 0 Å². The fourth-order valence-electron chi connectivity index (χ4n) is 2.19. The summed E-state index contributed by atoms with van der Waals surface area (Å²) < 4.78 is 1.02. The number of anilines is 1. The van der Waals surface area contributed by atoms with Gasteiger partial charge in [0.25, 0.3) is 5.56 Å². The molecule has 0 aliphatic carbocycles. The largest absolute Gasteiger partial charge is 0.329 e. The first kappa shape index (κ1) is 16.7. The first-order chi connectivity index (χ1) is 11.0. The minimum Gasteiger partial charge on any atom is -0.292 e. The highest BCUT2D eigenvalue weighted by molar-refractivity contribution is 5.80. The van der Waals surface area contributed by atoms with Crippen molar-refractivity contribution in [2.75, 3.05) is 11.6 Å². The van der Waals surface area contributed by atoms with Gasteiger partial charge < -0.3 is 0 Å². The molecule has 0 fully saturated rings. The molecule has 122 valence electrons. The maximum Gasteiger partial charge on any atom is 0.329 e. The van der Waals surface area contributed by atoms with E-state index < -0.39 is 5.69 Å². The van der Waals surface area contributed by atoms with Crippen LogP contribution in [0.2, 0.25) is 0 Å². The molecule has 0 unspecified atom stereocenters. The molecule has 0 bridgehead atoms. The molecule has 0 aliphatic rings. The maximum absolute atomic E-state index is 11.7. The van der Waals surface area contributed by atoms with Crippen molar-refractivity contribution < 1.29 is 0 Å². The first-order valence-electron chi connectivity index (χ1n) is 7.76. The van der Waals surface area contributed by atoms with Crippen molar-refractivity contribution in [2.45, 2.75) is 26.7 Å². The van der Waals surface area contributed by atoms with Crippen LogP contribution in [0.25, 0.3) is 0 Å². The Morgan fingerprint density at radius 3 is 2.48 bits per heavy atom. The van der Waals surface area contributed by atoms with Crippen LogP contribution in [0.3, 0.4) is 0 Å². The number of rotatable bonds is 6. The molecule has 6 heteroatoms. The molecule has 23 heavy (non-hydrogen) atoms. The molecule has 0 saturated heterocycles. The lowest BCUT2D eigenvalue weighted by molar-refractivity contribution is 0.756. The number of nitrogens with zero attached hydrogens (tertiary/aromatic N) is 3. The molecule has 1 heterocycles. The summed E-state index contributed by atoms with van der Waals surface area (Å²) >= 11 is 0. The number of aromatic nitrogens is 2.